The van der Waals surface area contributed by atoms with Crippen molar-refractivity contribution in [3.05, 3.63) is 57.6 Å². The molecule has 2 N–H and O–H groups in total. The molecule has 0 amide bonds. The van der Waals surface area contributed by atoms with Crippen LogP contribution in [0.3, 0.4) is 0 Å². The van der Waals surface area contributed by atoms with E-state index >= 15 is 0 Å². The molecule has 0 aliphatic heterocycles. The van der Waals surface area contributed by atoms with Crippen LogP contribution in [0, 0.1) is 13.8 Å². The minimum atomic E-state index is -3.71. The number of benzene rings is 2. The van der Waals surface area contributed by atoms with Gasteiger partial charge in [-0.2, -0.15) is 0 Å². The summed E-state index contributed by atoms with van der Waals surface area (Å²) >= 11 is 3.38. The number of nitrogens with two attached hydrogens (primary N) is 1. The number of hydrogen-bond acceptors (Lipinski definition) is 3. The molecule has 0 unspecified atom stereocenters. The highest BCUT2D eigenvalue weighted by Crippen LogP contribution is 2.26. The van der Waals surface area contributed by atoms with Crippen LogP contribution in [0.4, 0.5) is 0 Å². The lowest BCUT2D eigenvalue weighted by molar-refractivity contribution is 0.303. The van der Waals surface area contributed by atoms with Crippen molar-refractivity contribution in [2.75, 3.05) is 0 Å². The van der Waals surface area contributed by atoms with Crippen LogP contribution < -0.4 is 9.88 Å². The zero-order valence-corrected chi connectivity index (χ0v) is 14.2. The van der Waals surface area contributed by atoms with E-state index in [2.05, 4.69) is 15.9 Å². The van der Waals surface area contributed by atoms with E-state index in [0.717, 1.165) is 15.6 Å². The van der Waals surface area contributed by atoms with Crippen molar-refractivity contribution >= 4 is 26.0 Å². The van der Waals surface area contributed by atoms with Crippen molar-refractivity contribution < 1.29 is 13.2 Å². The average Bonchev–Trinajstić information content (AvgIpc) is 2.40. The monoisotopic (exact) mass is 369 g/mol. The second-order valence-corrected chi connectivity index (χ2v) is 7.29. The van der Waals surface area contributed by atoms with Gasteiger partial charge in [0.1, 0.15) is 12.4 Å². The molecule has 0 aliphatic rings. The first kappa shape index (κ1) is 16.0. The maximum Gasteiger partial charge on any atom is 0.238 e. The van der Waals surface area contributed by atoms with Crippen LogP contribution >= 0.6 is 15.9 Å². The molecular weight excluding hydrogens is 354 g/mol. The van der Waals surface area contributed by atoms with Gasteiger partial charge in [-0.1, -0.05) is 28.1 Å². The predicted octanol–water partition coefficient (Wildman–Crippen LogP) is 3.29. The second kappa shape index (κ2) is 6.17. The van der Waals surface area contributed by atoms with Gasteiger partial charge in [0.2, 0.25) is 10.0 Å². The summed E-state index contributed by atoms with van der Waals surface area (Å²) in [7, 11) is -3.71. The Morgan fingerprint density at radius 3 is 2.29 bits per heavy atom. The smallest absolute Gasteiger partial charge is 0.238 e. The number of hydrogen-bond donors (Lipinski definition) is 1. The lowest BCUT2D eigenvalue weighted by atomic mass is 10.1. The molecule has 2 aromatic carbocycles. The van der Waals surface area contributed by atoms with Gasteiger partial charge in [0.05, 0.1) is 4.90 Å². The molecule has 0 saturated carbocycles. The molecule has 0 radical (unpaired) electrons. The van der Waals surface area contributed by atoms with E-state index in [1.165, 1.54) is 0 Å². The maximum absolute atomic E-state index is 11.5. The average molecular weight is 370 g/mol. The summed E-state index contributed by atoms with van der Waals surface area (Å²) in [6.07, 6.45) is 0. The third-order valence-electron chi connectivity index (χ3n) is 3.09. The Hall–Kier alpha value is -1.37. The lowest BCUT2D eigenvalue weighted by Crippen LogP contribution is -2.14. The van der Waals surface area contributed by atoms with E-state index in [1.54, 1.807) is 26.0 Å². The molecule has 0 atom stereocenters. The highest BCUT2D eigenvalue weighted by atomic mass is 79.9. The summed E-state index contributed by atoms with van der Waals surface area (Å²) in [5.74, 6) is 0.655. The summed E-state index contributed by atoms with van der Waals surface area (Å²) in [5.41, 5.74) is 2.35. The van der Waals surface area contributed by atoms with E-state index in [0.29, 0.717) is 17.9 Å². The molecule has 2 rings (SSSR count). The number of ether oxygens (including phenoxy) is 1. The quantitative estimate of drug-likeness (QED) is 0.898. The topological polar surface area (TPSA) is 69.4 Å². The Labute approximate surface area is 133 Å². The standard InChI is InChI=1S/C15H16BrNO3S/c1-10-8-15(21(17,18)19)11(2)7-14(10)20-9-12-3-5-13(16)6-4-12/h3-8H,9H2,1-2H3,(H2,17,18,19). The van der Waals surface area contributed by atoms with Crippen molar-refractivity contribution in [1.29, 1.82) is 0 Å². The Morgan fingerprint density at radius 1 is 1.10 bits per heavy atom. The predicted molar refractivity (Wildman–Crippen MR) is 85.8 cm³/mol. The van der Waals surface area contributed by atoms with Crippen LogP contribution in [0.15, 0.2) is 45.8 Å². The summed E-state index contributed by atoms with van der Waals surface area (Å²) in [5, 5.41) is 5.18. The molecular formula is C15H16BrNO3S. The van der Waals surface area contributed by atoms with Gasteiger partial charge >= 0.3 is 0 Å². The van der Waals surface area contributed by atoms with Crippen LogP contribution in [0.2, 0.25) is 0 Å². The van der Waals surface area contributed by atoms with Gasteiger partial charge in [-0.25, -0.2) is 13.6 Å². The number of aryl methyl sites for hydroxylation is 2. The Morgan fingerprint density at radius 2 is 1.71 bits per heavy atom. The van der Waals surface area contributed by atoms with Crippen LogP contribution in [-0.4, -0.2) is 8.42 Å². The number of rotatable bonds is 4. The molecule has 0 bridgehead atoms. The van der Waals surface area contributed by atoms with Gasteiger partial charge in [-0.15, -0.1) is 0 Å². The van der Waals surface area contributed by atoms with E-state index in [1.807, 2.05) is 24.3 Å². The van der Waals surface area contributed by atoms with Crippen LogP contribution in [-0.2, 0) is 16.6 Å². The van der Waals surface area contributed by atoms with Crippen molar-refractivity contribution in [1.82, 2.24) is 0 Å². The largest absolute Gasteiger partial charge is 0.489 e. The SMILES string of the molecule is Cc1cc(S(N)(=O)=O)c(C)cc1OCc1ccc(Br)cc1. The first-order valence-corrected chi connectivity index (χ1v) is 8.62. The summed E-state index contributed by atoms with van der Waals surface area (Å²) < 4.78 is 29.7. The third kappa shape index (κ3) is 4.06. The Kier molecular flexibility index (Phi) is 4.70. The summed E-state index contributed by atoms with van der Waals surface area (Å²) in [4.78, 5) is 0.135. The third-order valence-corrected chi connectivity index (χ3v) is 4.67. The fraction of sp³-hybridized carbons (Fsp3) is 0.200. The molecule has 6 heteroatoms. The van der Waals surface area contributed by atoms with E-state index in [-0.39, 0.29) is 4.90 Å². The van der Waals surface area contributed by atoms with E-state index in [9.17, 15) is 8.42 Å². The van der Waals surface area contributed by atoms with Gasteiger partial charge < -0.3 is 4.74 Å². The molecule has 0 heterocycles. The maximum atomic E-state index is 11.5. The van der Waals surface area contributed by atoms with Crippen molar-refractivity contribution in [3.63, 3.8) is 0 Å². The first-order valence-electron chi connectivity index (χ1n) is 6.28. The molecule has 2 aromatic rings. The van der Waals surface area contributed by atoms with Crippen molar-refractivity contribution in [2.24, 2.45) is 5.14 Å². The van der Waals surface area contributed by atoms with Crippen molar-refractivity contribution in [2.45, 2.75) is 25.3 Å². The highest BCUT2D eigenvalue weighted by Gasteiger charge is 2.14. The highest BCUT2D eigenvalue weighted by molar-refractivity contribution is 9.10. The number of primary sulfonamides is 1. The minimum absolute atomic E-state index is 0.135. The van der Waals surface area contributed by atoms with Gasteiger partial charge in [0.25, 0.3) is 0 Å². The summed E-state index contributed by atoms with van der Waals surface area (Å²) in [6.45, 7) is 3.92. The normalized spacial score (nSPS) is 11.4. The molecule has 112 valence electrons. The van der Waals surface area contributed by atoms with Crippen LogP contribution in [0.5, 0.6) is 5.75 Å². The number of sulfonamides is 1. The first-order chi connectivity index (χ1) is 9.77. The zero-order chi connectivity index (χ0) is 15.6. The molecule has 0 saturated heterocycles. The van der Waals surface area contributed by atoms with E-state index in [4.69, 9.17) is 9.88 Å². The van der Waals surface area contributed by atoms with Gasteiger partial charge in [-0.3, -0.25) is 0 Å². The lowest BCUT2D eigenvalue weighted by Gasteiger charge is -2.12. The minimum Gasteiger partial charge on any atom is -0.489 e. The molecule has 0 aromatic heterocycles. The second-order valence-electron chi connectivity index (χ2n) is 4.84. The molecule has 21 heavy (non-hydrogen) atoms. The molecule has 0 spiro atoms. The van der Waals surface area contributed by atoms with Gasteiger partial charge in [-0.05, 0) is 54.8 Å². The fourth-order valence-electron chi connectivity index (χ4n) is 1.97. The zero-order valence-electron chi connectivity index (χ0n) is 11.8. The molecule has 0 fully saturated rings. The van der Waals surface area contributed by atoms with Crippen molar-refractivity contribution in [3.8, 4) is 5.75 Å². The fourth-order valence-corrected chi connectivity index (χ4v) is 3.08. The Balaban J connectivity index is 2.21. The molecule has 4 nitrogen and oxygen atoms in total. The Bertz CT molecular complexity index is 755. The molecule has 0 aliphatic carbocycles. The van der Waals surface area contributed by atoms with E-state index < -0.39 is 10.0 Å². The van der Waals surface area contributed by atoms with Crippen LogP contribution in [0.1, 0.15) is 16.7 Å². The van der Waals surface area contributed by atoms with Gasteiger partial charge in [0.15, 0.2) is 0 Å². The number of halogens is 1. The summed E-state index contributed by atoms with van der Waals surface area (Å²) in [6, 6.07) is 11.1. The van der Waals surface area contributed by atoms with Gasteiger partial charge in [0, 0.05) is 4.47 Å². The van der Waals surface area contributed by atoms with Crippen LogP contribution in [0.25, 0.3) is 0 Å².